The summed E-state index contributed by atoms with van der Waals surface area (Å²) in [6, 6.07) is 21.1. The number of alkyl halides is 1. The standard InChI is InChI=1S/C17H20ClN/c18-14-8-3-9-15-19(16-10-4-1-5-11-16)17-12-6-2-7-13-17/h1-2,4-7,10-13H,3,8-9,14-15H2. The molecular formula is C17H20ClN. The van der Waals surface area contributed by atoms with Crippen LogP contribution in [0.4, 0.5) is 11.4 Å². The second-order valence-electron chi connectivity index (χ2n) is 4.57. The highest BCUT2D eigenvalue weighted by Crippen LogP contribution is 2.25. The van der Waals surface area contributed by atoms with E-state index in [1.807, 2.05) is 0 Å². The van der Waals surface area contributed by atoms with Crippen LogP contribution < -0.4 is 4.90 Å². The fraction of sp³-hybridized carbons (Fsp3) is 0.294. The third-order valence-corrected chi connectivity index (χ3v) is 3.42. The molecule has 2 heteroatoms. The van der Waals surface area contributed by atoms with Crippen molar-refractivity contribution in [2.24, 2.45) is 0 Å². The number of halogens is 1. The zero-order valence-corrected chi connectivity index (χ0v) is 11.9. The fourth-order valence-corrected chi connectivity index (χ4v) is 2.35. The van der Waals surface area contributed by atoms with Crippen LogP contribution in [0.15, 0.2) is 60.7 Å². The average Bonchev–Trinajstić information content (AvgIpc) is 2.49. The van der Waals surface area contributed by atoms with E-state index in [9.17, 15) is 0 Å². The molecular weight excluding hydrogens is 254 g/mol. The number of anilines is 2. The molecule has 19 heavy (non-hydrogen) atoms. The van der Waals surface area contributed by atoms with Crippen LogP contribution in [0, 0.1) is 0 Å². The third kappa shape index (κ3) is 4.29. The number of para-hydroxylation sites is 2. The summed E-state index contributed by atoms with van der Waals surface area (Å²) in [5, 5.41) is 0. The van der Waals surface area contributed by atoms with Crippen molar-refractivity contribution in [1.82, 2.24) is 0 Å². The highest BCUT2D eigenvalue weighted by molar-refractivity contribution is 6.17. The summed E-state index contributed by atoms with van der Waals surface area (Å²) in [4.78, 5) is 2.37. The molecule has 2 aromatic carbocycles. The molecule has 0 atom stereocenters. The number of unbranched alkanes of at least 4 members (excludes halogenated alkanes) is 2. The first-order chi connectivity index (χ1) is 9.42. The van der Waals surface area contributed by atoms with Gasteiger partial charge in [0.05, 0.1) is 0 Å². The van der Waals surface area contributed by atoms with Gasteiger partial charge in [0.1, 0.15) is 0 Å². The van der Waals surface area contributed by atoms with E-state index >= 15 is 0 Å². The van der Waals surface area contributed by atoms with Crippen molar-refractivity contribution in [3.8, 4) is 0 Å². The maximum Gasteiger partial charge on any atom is 0.0410 e. The Bertz CT molecular complexity index is 416. The van der Waals surface area contributed by atoms with E-state index in [1.165, 1.54) is 17.8 Å². The number of rotatable bonds is 7. The molecule has 0 aromatic heterocycles. The summed E-state index contributed by atoms with van der Waals surface area (Å²) in [6.07, 6.45) is 3.44. The van der Waals surface area contributed by atoms with Gasteiger partial charge in [0.2, 0.25) is 0 Å². The van der Waals surface area contributed by atoms with Gasteiger partial charge in [-0.2, -0.15) is 0 Å². The van der Waals surface area contributed by atoms with E-state index in [0.717, 1.165) is 25.3 Å². The predicted molar refractivity (Wildman–Crippen MR) is 84.5 cm³/mol. The molecule has 2 aromatic rings. The Labute approximate surface area is 120 Å². The summed E-state index contributed by atoms with van der Waals surface area (Å²) in [6.45, 7) is 1.03. The fourth-order valence-electron chi connectivity index (χ4n) is 2.16. The maximum atomic E-state index is 5.74. The molecule has 2 rings (SSSR count). The Balaban J connectivity index is 2.10. The molecule has 0 heterocycles. The van der Waals surface area contributed by atoms with Gasteiger partial charge >= 0.3 is 0 Å². The quantitative estimate of drug-likeness (QED) is 0.493. The molecule has 0 unspecified atom stereocenters. The minimum atomic E-state index is 0.761. The lowest BCUT2D eigenvalue weighted by molar-refractivity contribution is 0.719. The molecule has 0 aliphatic rings. The van der Waals surface area contributed by atoms with Crippen molar-refractivity contribution in [2.75, 3.05) is 17.3 Å². The molecule has 0 aliphatic carbocycles. The highest BCUT2D eigenvalue weighted by atomic mass is 35.5. The average molecular weight is 274 g/mol. The molecule has 1 nitrogen and oxygen atoms in total. The molecule has 0 bridgehead atoms. The normalized spacial score (nSPS) is 10.4. The van der Waals surface area contributed by atoms with Crippen molar-refractivity contribution in [2.45, 2.75) is 19.3 Å². The van der Waals surface area contributed by atoms with Crippen molar-refractivity contribution in [3.05, 3.63) is 60.7 Å². The van der Waals surface area contributed by atoms with Gasteiger partial charge in [-0.25, -0.2) is 0 Å². The van der Waals surface area contributed by atoms with Gasteiger partial charge < -0.3 is 4.90 Å². The second kappa shape index (κ2) is 7.85. The molecule has 0 saturated carbocycles. The SMILES string of the molecule is ClCCCCCN(c1ccccc1)c1ccccc1. The van der Waals surface area contributed by atoms with Crippen molar-refractivity contribution >= 4 is 23.0 Å². The van der Waals surface area contributed by atoms with Gasteiger partial charge in [0.15, 0.2) is 0 Å². The van der Waals surface area contributed by atoms with E-state index in [0.29, 0.717) is 0 Å². The number of hydrogen-bond acceptors (Lipinski definition) is 1. The minimum absolute atomic E-state index is 0.761. The van der Waals surface area contributed by atoms with Crippen LogP contribution in [0.25, 0.3) is 0 Å². The number of nitrogens with zero attached hydrogens (tertiary/aromatic N) is 1. The van der Waals surface area contributed by atoms with Gasteiger partial charge in [-0.3, -0.25) is 0 Å². The molecule has 0 N–H and O–H groups in total. The van der Waals surface area contributed by atoms with Crippen LogP contribution in [-0.2, 0) is 0 Å². The van der Waals surface area contributed by atoms with Gasteiger partial charge in [0, 0.05) is 23.8 Å². The maximum absolute atomic E-state index is 5.74. The van der Waals surface area contributed by atoms with Gasteiger partial charge in [-0.15, -0.1) is 11.6 Å². The van der Waals surface area contributed by atoms with Crippen LogP contribution in [0.2, 0.25) is 0 Å². The predicted octanol–water partition coefficient (Wildman–Crippen LogP) is 5.23. The van der Waals surface area contributed by atoms with Crippen LogP contribution in [0.5, 0.6) is 0 Å². The second-order valence-corrected chi connectivity index (χ2v) is 4.95. The first-order valence-corrected chi connectivity index (χ1v) is 7.39. The molecule has 0 amide bonds. The molecule has 0 spiro atoms. The Hall–Kier alpha value is -1.47. The molecule has 0 fully saturated rings. The largest absolute Gasteiger partial charge is 0.341 e. The van der Waals surface area contributed by atoms with Crippen LogP contribution in [0.3, 0.4) is 0 Å². The van der Waals surface area contributed by atoms with Crippen molar-refractivity contribution in [1.29, 1.82) is 0 Å². The Morgan fingerprint density at radius 2 is 1.21 bits per heavy atom. The van der Waals surface area contributed by atoms with Crippen LogP contribution in [0.1, 0.15) is 19.3 Å². The summed E-state index contributed by atoms with van der Waals surface area (Å²) in [5.74, 6) is 0.761. The monoisotopic (exact) mass is 273 g/mol. The first-order valence-electron chi connectivity index (χ1n) is 6.85. The van der Waals surface area contributed by atoms with Gasteiger partial charge in [-0.05, 0) is 37.1 Å². The zero-order valence-electron chi connectivity index (χ0n) is 11.1. The molecule has 0 radical (unpaired) electrons. The van der Waals surface area contributed by atoms with Crippen LogP contribution >= 0.6 is 11.6 Å². The summed E-state index contributed by atoms with van der Waals surface area (Å²) >= 11 is 5.74. The molecule has 100 valence electrons. The lowest BCUT2D eigenvalue weighted by atomic mass is 10.2. The molecule has 0 saturated heterocycles. The first kappa shape index (κ1) is 14.0. The zero-order chi connectivity index (χ0) is 13.3. The lowest BCUT2D eigenvalue weighted by Crippen LogP contribution is -2.18. The Kier molecular flexibility index (Phi) is 5.77. The highest BCUT2D eigenvalue weighted by Gasteiger charge is 2.07. The Morgan fingerprint density at radius 1 is 0.684 bits per heavy atom. The summed E-state index contributed by atoms with van der Waals surface area (Å²) in [7, 11) is 0. The lowest BCUT2D eigenvalue weighted by Gasteiger charge is -2.25. The number of benzene rings is 2. The van der Waals surface area contributed by atoms with Crippen LogP contribution in [-0.4, -0.2) is 12.4 Å². The van der Waals surface area contributed by atoms with Crippen molar-refractivity contribution in [3.63, 3.8) is 0 Å². The smallest absolute Gasteiger partial charge is 0.0410 e. The van der Waals surface area contributed by atoms with Gasteiger partial charge in [-0.1, -0.05) is 42.8 Å². The van der Waals surface area contributed by atoms with E-state index in [1.54, 1.807) is 0 Å². The minimum Gasteiger partial charge on any atom is -0.341 e. The topological polar surface area (TPSA) is 3.24 Å². The third-order valence-electron chi connectivity index (χ3n) is 3.15. The van der Waals surface area contributed by atoms with E-state index in [-0.39, 0.29) is 0 Å². The Morgan fingerprint density at radius 3 is 1.68 bits per heavy atom. The number of hydrogen-bond donors (Lipinski definition) is 0. The van der Waals surface area contributed by atoms with E-state index in [2.05, 4.69) is 65.6 Å². The van der Waals surface area contributed by atoms with E-state index in [4.69, 9.17) is 11.6 Å². The summed E-state index contributed by atoms with van der Waals surface area (Å²) < 4.78 is 0. The molecule has 0 aliphatic heterocycles. The summed E-state index contributed by atoms with van der Waals surface area (Å²) in [5.41, 5.74) is 2.50. The van der Waals surface area contributed by atoms with E-state index < -0.39 is 0 Å². The van der Waals surface area contributed by atoms with Gasteiger partial charge in [0.25, 0.3) is 0 Å². The van der Waals surface area contributed by atoms with Crippen molar-refractivity contribution < 1.29 is 0 Å².